The summed E-state index contributed by atoms with van der Waals surface area (Å²) >= 11 is 0. The zero-order valence-electron chi connectivity index (χ0n) is 13.1. The number of hydrogen-bond acceptors (Lipinski definition) is 4. The average molecular weight is 298 g/mol. The van der Waals surface area contributed by atoms with Gasteiger partial charge >= 0.3 is 0 Å². The van der Waals surface area contributed by atoms with Crippen LogP contribution in [0.5, 0.6) is 0 Å². The predicted molar refractivity (Wildman–Crippen MR) is 88.1 cm³/mol. The fourth-order valence-electron chi connectivity index (χ4n) is 2.61. The minimum absolute atomic E-state index is 0.182. The Balaban J connectivity index is 2.00. The van der Waals surface area contributed by atoms with Crippen LogP contribution in [0.4, 0.5) is 5.82 Å². The molecular weight excluding hydrogens is 276 g/mol. The van der Waals surface area contributed by atoms with Crippen LogP contribution in [0.2, 0.25) is 0 Å². The summed E-state index contributed by atoms with van der Waals surface area (Å²) in [6.07, 6.45) is 7.37. The Kier molecular flexibility index (Phi) is 4.24. The van der Waals surface area contributed by atoms with Crippen molar-refractivity contribution in [3.8, 4) is 5.95 Å². The number of anilines is 1. The molecule has 3 heterocycles. The Morgan fingerprint density at radius 3 is 2.55 bits per heavy atom. The van der Waals surface area contributed by atoms with E-state index in [0.29, 0.717) is 5.95 Å². The minimum atomic E-state index is -0.182. The second-order valence-electron chi connectivity index (χ2n) is 5.69. The first-order chi connectivity index (χ1) is 10.7. The summed E-state index contributed by atoms with van der Waals surface area (Å²) in [5.41, 5.74) is 2.08. The van der Waals surface area contributed by atoms with Crippen LogP contribution in [-0.2, 0) is 0 Å². The first kappa shape index (κ1) is 14.8. The summed E-state index contributed by atoms with van der Waals surface area (Å²) in [4.78, 5) is 11.6. The zero-order chi connectivity index (χ0) is 15.5. The van der Waals surface area contributed by atoms with Crippen molar-refractivity contribution in [3.05, 3.63) is 42.4 Å². The van der Waals surface area contributed by atoms with E-state index in [1.165, 1.54) is 0 Å². The van der Waals surface area contributed by atoms with E-state index in [9.17, 15) is 5.11 Å². The van der Waals surface area contributed by atoms with Crippen LogP contribution >= 0.6 is 0 Å². The molecule has 1 N–H and O–H groups in total. The summed E-state index contributed by atoms with van der Waals surface area (Å²) in [7, 11) is 0. The van der Waals surface area contributed by atoms with E-state index >= 15 is 0 Å². The molecule has 1 saturated heterocycles. The van der Waals surface area contributed by atoms with Crippen molar-refractivity contribution in [2.24, 2.45) is 0 Å². The Bertz CT molecular complexity index is 655. The van der Waals surface area contributed by atoms with Crippen molar-refractivity contribution < 1.29 is 5.11 Å². The molecular formula is C17H22N4O. The quantitative estimate of drug-likeness (QED) is 0.946. The Labute approximate surface area is 130 Å². The van der Waals surface area contributed by atoms with Crippen LogP contribution < -0.4 is 4.90 Å². The van der Waals surface area contributed by atoms with Gasteiger partial charge in [0.2, 0.25) is 5.95 Å². The second kappa shape index (κ2) is 6.32. The van der Waals surface area contributed by atoms with Crippen LogP contribution in [0.15, 0.2) is 36.7 Å². The fraction of sp³-hybridized carbons (Fsp3) is 0.412. The van der Waals surface area contributed by atoms with E-state index in [-0.39, 0.29) is 6.10 Å². The monoisotopic (exact) mass is 298 g/mol. The SMILES string of the molecule is C/C=C(\C)c1cc(N2CCC(O)CC2)nc(-n2cccc2)n1. The third-order valence-corrected chi connectivity index (χ3v) is 4.16. The highest BCUT2D eigenvalue weighted by atomic mass is 16.3. The summed E-state index contributed by atoms with van der Waals surface area (Å²) in [5, 5.41) is 9.69. The van der Waals surface area contributed by atoms with Gasteiger partial charge in [-0.25, -0.2) is 4.98 Å². The van der Waals surface area contributed by atoms with E-state index in [1.54, 1.807) is 0 Å². The maximum atomic E-state index is 9.69. The predicted octanol–water partition coefficient (Wildman–Crippen LogP) is 2.65. The lowest BCUT2D eigenvalue weighted by atomic mass is 10.1. The van der Waals surface area contributed by atoms with Gasteiger partial charge in [-0.05, 0) is 44.4 Å². The molecule has 1 aliphatic rings. The number of aliphatic hydroxyl groups excluding tert-OH is 1. The third-order valence-electron chi connectivity index (χ3n) is 4.16. The van der Waals surface area contributed by atoms with Crippen LogP contribution in [0.3, 0.4) is 0 Å². The first-order valence-corrected chi connectivity index (χ1v) is 7.76. The van der Waals surface area contributed by atoms with Crippen LogP contribution in [0.1, 0.15) is 32.4 Å². The zero-order valence-corrected chi connectivity index (χ0v) is 13.1. The van der Waals surface area contributed by atoms with Gasteiger partial charge in [0.1, 0.15) is 5.82 Å². The number of aromatic nitrogens is 3. The van der Waals surface area contributed by atoms with Crippen molar-refractivity contribution in [3.63, 3.8) is 0 Å². The molecule has 0 aliphatic carbocycles. The Hall–Kier alpha value is -2.14. The van der Waals surface area contributed by atoms with E-state index in [2.05, 4.69) is 22.9 Å². The molecule has 22 heavy (non-hydrogen) atoms. The molecule has 0 unspecified atom stereocenters. The molecule has 1 aliphatic heterocycles. The largest absolute Gasteiger partial charge is 0.393 e. The summed E-state index contributed by atoms with van der Waals surface area (Å²) in [5.74, 6) is 1.62. The van der Waals surface area contributed by atoms with Gasteiger partial charge in [-0.1, -0.05) is 6.08 Å². The van der Waals surface area contributed by atoms with Crippen molar-refractivity contribution in [1.29, 1.82) is 0 Å². The highest BCUT2D eigenvalue weighted by molar-refractivity contribution is 5.63. The van der Waals surface area contributed by atoms with Crippen molar-refractivity contribution in [2.75, 3.05) is 18.0 Å². The van der Waals surface area contributed by atoms with Gasteiger partial charge in [-0.3, -0.25) is 4.57 Å². The lowest BCUT2D eigenvalue weighted by Crippen LogP contribution is -2.36. The van der Waals surface area contributed by atoms with Gasteiger partial charge < -0.3 is 10.0 Å². The molecule has 0 spiro atoms. The number of nitrogens with zero attached hydrogens (tertiary/aromatic N) is 4. The van der Waals surface area contributed by atoms with Gasteiger partial charge in [0.25, 0.3) is 0 Å². The molecule has 2 aromatic heterocycles. The van der Waals surface area contributed by atoms with E-state index in [4.69, 9.17) is 4.98 Å². The molecule has 3 rings (SSSR count). The summed E-state index contributed by atoms with van der Waals surface area (Å²) in [6.45, 7) is 5.74. The molecule has 0 saturated carbocycles. The van der Waals surface area contributed by atoms with Gasteiger partial charge in [0, 0.05) is 31.5 Å². The Morgan fingerprint density at radius 2 is 1.91 bits per heavy atom. The van der Waals surface area contributed by atoms with E-state index in [0.717, 1.165) is 43.0 Å². The molecule has 5 nitrogen and oxygen atoms in total. The van der Waals surface area contributed by atoms with Gasteiger partial charge in [0.05, 0.1) is 11.8 Å². The van der Waals surface area contributed by atoms with Crippen molar-refractivity contribution in [1.82, 2.24) is 14.5 Å². The average Bonchev–Trinajstić information content (AvgIpc) is 3.09. The molecule has 0 bridgehead atoms. The lowest BCUT2D eigenvalue weighted by Gasteiger charge is -2.30. The summed E-state index contributed by atoms with van der Waals surface area (Å²) < 4.78 is 1.93. The molecule has 0 atom stereocenters. The van der Waals surface area contributed by atoms with Gasteiger partial charge in [-0.15, -0.1) is 0 Å². The molecule has 0 radical (unpaired) electrons. The normalized spacial score (nSPS) is 17.0. The standard InChI is InChI=1S/C17H22N4O/c1-3-13(2)15-12-16(20-10-6-14(22)7-11-20)19-17(18-15)21-8-4-5-9-21/h3-5,8-9,12,14,22H,6-7,10-11H2,1-2H3/b13-3+. The van der Waals surface area contributed by atoms with Crippen LogP contribution in [0.25, 0.3) is 11.5 Å². The van der Waals surface area contributed by atoms with Crippen LogP contribution in [0, 0.1) is 0 Å². The maximum Gasteiger partial charge on any atom is 0.236 e. The fourth-order valence-corrected chi connectivity index (χ4v) is 2.61. The number of aliphatic hydroxyl groups is 1. The molecule has 1 fully saturated rings. The number of rotatable bonds is 3. The second-order valence-corrected chi connectivity index (χ2v) is 5.69. The maximum absolute atomic E-state index is 9.69. The van der Waals surface area contributed by atoms with E-state index in [1.807, 2.05) is 42.1 Å². The molecule has 116 valence electrons. The van der Waals surface area contributed by atoms with Crippen molar-refractivity contribution in [2.45, 2.75) is 32.8 Å². The molecule has 0 amide bonds. The smallest absolute Gasteiger partial charge is 0.236 e. The summed E-state index contributed by atoms with van der Waals surface area (Å²) in [6, 6.07) is 5.98. The molecule has 2 aromatic rings. The highest BCUT2D eigenvalue weighted by Crippen LogP contribution is 2.23. The topological polar surface area (TPSA) is 54.2 Å². The Morgan fingerprint density at radius 1 is 1.23 bits per heavy atom. The van der Waals surface area contributed by atoms with Gasteiger partial charge in [-0.2, -0.15) is 4.98 Å². The molecule has 0 aromatic carbocycles. The minimum Gasteiger partial charge on any atom is -0.393 e. The van der Waals surface area contributed by atoms with E-state index < -0.39 is 0 Å². The van der Waals surface area contributed by atoms with Gasteiger partial charge in [0.15, 0.2) is 0 Å². The van der Waals surface area contributed by atoms with Crippen molar-refractivity contribution >= 4 is 11.4 Å². The van der Waals surface area contributed by atoms with Crippen LogP contribution in [-0.4, -0.2) is 38.8 Å². The molecule has 5 heteroatoms. The number of allylic oxidation sites excluding steroid dienone is 2. The highest BCUT2D eigenvalue weighted by Gasteiger charge is 2.19. The first-order valence-electron chi connectivity index (χ1n) is 7.76. The lowest BCUT2D eigenvalue weighted by molar-refractivity contribution is 0.145. The number of hydrogen-bond donors (Lipinski definition) is 1. The number of piperidine rings is 1. The third kappa shape index (κ3) is 3.04.